The Kier molecular flexibility index (Phi) is 0.699. The number of aromatic amines is 1. The van der Waals surface area contributed by atoms with Crippen molar-refractivity contribution in [3.63, 3.8) is 0 Å². The number of benzene rings is 1. The summed E-state index contributed by atoms with van der Waals surface area (Å²) in [6.45, 7) is 4.29. The topological polar surface area (TPSA) is 15.8 Å². The summed E-state index contributed by atoms with van der Waals surface area (Å²) in [7, 11) is 0. The third-order valence-corrected chi connectivity index (χ3v) is 2.06. The van der Waals surface area contributed by atoms with E-state index in [1.165, 1.54) is 22.2 Å². The van der Waals surface area contributed by atoms with Crippen molar-refractivity contribution >= 4 is 11.0 Å². The number of nitrogens with one attached hydrogen (secondary N) is 1. The molecule has 0 saturated carbocycles. The van der Waals surface area contributed by atoms with Crippen LogP contribution in [0.25, 0.3) is 11.0 Å². The minimum absolute atomic E-state index is 1.28. The number of aromatic nitrogens is 1. The number of rotatable bonds is 0. The van der Waals surface area contributed by atoms with Gasteiger partial charge in [0.2, 0.25) is 0 Å². The fraction of sp³-hybridized carbons (Fsp3) is 0.250. The van der Waals surface area contributed by atoms with Crippen molar-refractivity contribution in [2.75, 3.05) is 0 Å². The van der Waals surface area contributed by atoms with Crippen LogP contribution in [0.3, 0.4) is 0 Å². The normalized spacial score (nSPS) is 11.3. The van der Waals surface area contributed by atoms with Gasteiger partial charge in [0.1, 0.15) is 0 Å². The maximum absolute atomic E-state index is 3.28. The second-order valence-electron chi connectivity index (χ2n) is 2.54. The predicted molar refractivity (Wildman–Crippen MR) is 39.0 cm³/mol. The molecule has 0 amide bonds. The van der Waals surface area contributed by atoms with E-state index in [2.05, 4.69) is 31.0 Å². The molecule has 1 heteroatoms. The van der Waals surface area contributed by atoms with Gasteiger partial charge in [-0.2, -0.15) is 0 Å². The molecule has 2 aromatic rings. The van der Waals surface area contributed by atoms with Gasteiger partial charge < -0.3 is 4.98 Å². The lowest BCUT2D eigenvalue weighted by atomic mass is 10.1. The van der Waals surface area contributed by atoms with Gasteiger partial charge in [-0.05, 0) is 37.1 Å². The molecule has 46 valence electrons. The Morgan fingerprint density at radius 3 is 1.67 bits per heavy atom. The second kappa shape index (κ2) is 1.29. The summed E-state index contributed by atoms with van der Waals surface area (Å²) < 4.78 is 0. The Morgan fingerprint density at radius 2 is 1.44 bits per heavy atom. The van der Waals surface area contributed by atoms with Crippen LogP contribution < -0.4 is 0 Å². The summed E-state index contributed by atoms with van der Waals surface area (Å²) in [6, 6.07) is 4.25. The lowest BCUT2D eigenvalue weighted by Gasteiger charge is -1.89. The standard InChI is InChI=1S/C8H9N/c1-5-6(2)8-4-3-7(5)9-8/h3-4,9H,1-2H3. The number of fused-ring (bicyclic) bond motifs is 2. The molecule has 1 N–H and O–H groups in total. The van der Waals surface area contributed by atoms with E-state index in [1.807, 2.05) is 0 Å². The van der Waals surface area contributed by atoms with E-state index in [1.54, 1.807) is 0 Å². The van der Waals surface area contributed by atoms with Crippen molar-refractivity contribution in [3.05, 3.63) is 23.3 Å². The molecule has 2 heterocycles. The van der Waals surface area contributed by atoms with E-state index in [9.17, 15) is 0 Å². The molecule has 0 saturated heterocycles. The molecule has 0 atom stereocenters. The predicted octanol–water partition coefficient (Wildman–Crippen LogP) is 2.22. The molecule has 0 aliphatic rings. The first kappa shape index (κ1) is 4.86. The highest BCUT2D eigenvalue weighted by molar-refractivity contribution is 5.75. The molecular weight excluding hydrogens is 110 g/mol. The second-order valence-corrected chi connectivity index (χ2v) is 2.54. The van der Waals surface area contributed by atoms with E-state index in [0.717, 1.165) is 0 Å². The Morgan fingerprint density at radius 1 is 1.00 bits per heavy atom. The molecule has 0 radical (unpaired) electrons. The molecule has 0 spiro atoms. The maximum Gasteiger partial charge on any atom is 0.0418 e. The van der Waals surface area contributed by atoms with Crippen LogP contribution in [0.1, 0.15) is 11.1 Å². The first-order chi connectivity index (χ1) is 4.29. The average Bonchev–Trinajstić information content (AvgIpc) is 2.37. The fourth-order valence-electron chi connectivity index (χ4n) is 1.24. The molecule has 2 aromatic heterocycles. The molecule has 0 fully saturated rings. The van der Waals surface area contributed by atoms with Crippen LogP contribution in [0.5, 0.6) is 0 Å². The lowest BCUT2D eigenvalue weighted by Crippen LogP contribution is -1.72. The van der Waals surface area contributed by atoms with E-state index in [-0.39, 0.29) is 0 Å². The summed E-state index contributed by atoms with van der Waals surface area (Å²) in [4.78, 5) is 3.28. The third kappa shape index (κ3) is 0.441. The molecular formula is C8H9N. The zero-order valence-corrected chi connectivity index (χ0v) is 5.65. The zero-order chi connectivity index (χ0) is 6.43. The summed E-state index contributed by atoms with van der Waals surface area (Å²) in [5, 5.41) is 0. The third-order valence-electron chi connectivity index (χ3n) is 2.06. The Labute approximate surface area is 54.0 Å². The monoisotopic (exact) mass is 119 g/mol. The van der Waals surface area contributed by atoms with Crippen molar-refractivity contribution in [1.82, 2.24) is 4.98 Å². The minimum Gasteiger partial charge on any atom is -0.355 e. The van der Waals surface area contributed by atoms with Crippen LogP contribution in [0.4, 0.5) is 0 Å². The van der Waals surface area contributed by atoms with Crippen molar-refractivity contribution in [2.24, 2.45) is 0 Å². The molecule has 1 nitrogen and oxygen atoms in total. The smallest absolute Gasteiger partial charge is 0.0418 e. The van der Waals surface area contributed by atoms with Gasteiger partial charge in [0.25, 0.3) is 0 Å². The Hall–Kier alpha value is -0.980. The molecule has 0 aliphatic heterocycles. The largest absolute Gasteiger partial charge is 0.355 e. The van der Waals surface area contributed by atoms with Gasteiger partial charge in [0, 0.05) is 11.0 Å². The number of H-pyrrole nitrogens is 1. The van der Waals surface area contributed by atoms with Gasteiger partial charge in [0.15, 0.2) is 0 Å². The zero-order valence-electron chi connectivity index (χ0n) is 5.65. The number of aryl methyl sites for hydroxylation is 2. The average molecular weight is 119 g/mol. The molecule has 0 aliphatic carbocycles. The Balaban J connectivity index is 2.99. The van der Waals surface area contributed by atoms with Gasteiger partial charge >= 0.3 is 0 Å². The maximum atomic E-state index is 3.28. The van der Waals surface area contributed by atoms with Crippen molar-refractivity contribution < 1.29 is 0 Å². The Bertz CT molecular complexity index is 288. The highest BCUT2D eigenvalue weighted by Crippen LogP contribution is 2.21. The van der Waals surface area contributed by atoms with Crippen LogP contribution in [-0.4, -0.2) is 4.98 Å². The molecule has 0 aromatic carbocycles. The summed E-state index contributed by atoms with van der Waals surface area (Å²) in [5.74, 6) is 0. The minimum atomic E-state index is 1.28. The van der Waals surface area contributed by atoms with Crippen LogP contribution in [0.2, 0.25) is 0 Å². The van der Waals surface area contributed by atoms with Gasteiger partial charge in [-0.25, -0.2) is 0 Å². The summed E-state index contributed by atoms with van der Waals surface area (Å²) in [5.41, 5.74) is 5.35. The first-order valence-corrected chi connectivity index (χ1v) is 3.16. The van der Waals surface area contributed by atoms with E-state index >= 15 is 0 Å². The molecule has 0 unspecified atom stereocenters. The van der Waals surface area contributed by atoms with Crippen LogP contribution in [0, 0.1) is 13.8 Å². The van der Waals surface area contributed by atoms with Crippen molar-refractivity contribution in [2.45, 2.75) is 13.8 Å². The SMILES string of the molecule is Cc1c(C)c2ccc1[nH]2. The number of hydrogen-bond donors (Lipinski definition) is 1. The fourth-order valence-corrected chi connectivity index (χ4v) is 1.24. The lowest BCUT2D eigenvalue weighted by molar-refractivity contribution is 1.43. The quantitative estimate of drug-likeness (QED) is 0.547. The van der Waals surface area contributed by atoms with Crippen molar-refractivity contribution in [1.29, 1.82) is 0 Å². The van der Waals surface area contributed by atoms with Crippen LogP contribution >= 0.6 is 0 Å². The van der Waals surface area contributed by atoms with Crippen LogP contribution in [-0.2, 0) is 0 Å². The molecule has 2 rings (SSSR count). The highest BCUT2D eigenvalue weighted by Gasteiger charge is 2.03. The molecule has 9 heavy (non-hydrogen) atoms. The highest BCUT2D eigenvalue weighted by atomic mass is 14.7. The first-order valence-electron chi connectivity index (χ1n) is 3.16. The van der Waals surface area contributed by atoms with Gasteiger partial charge in [0.05, 0.1) is 0 Å². The van der Waals surface area contributed by atoms with Crippen molar-refractivity contribution in [3.8, 4) is 0 Å². The van der Waals surface area contributed by atoms with E-state index in [4.69, 9.17) is 0 Å². The van der Waals surface area contributed by atoms with E-state index < -0.39 is 0 Å². The van der Waals surface area contributed by atoms with E-state index in [0.29, 0.717) is 0 Å². The number of hydrogen-bond acceptors (Lipinski definition) is 0. The summed E-state index contributed by atoms with van der Waals surface area (Å²) in [6.07, 6.45) is 0. The van der Waals surface area contributed by atoms with Gasteiger partial charge in [-0.15, -0.1) is 0 Å². The molecule has 2 bridgehead atoms. The summed E-state index contributed by atoms with van der Waals surface area (Å²) >= 11 is 0. The van der Waals surface area contributed by atoms with Gasteiger partial charge in [-0.3, -0.25) is 0 Å². The van der Waals surface area contributed by atoms with Crippen LogP contribution in [0.15, 0.2) is 12.1 Å². The van der Waals surface area contributed by atoms with Gasteiger partial charge in [-0.1, -0.05) is 0 Å².